The highest BCUT2D eigenvalue weighted by Crippen LogP contribution is 2.29. The lowest BCUT2D eigenvalue weighted by molar-refractivity contribution is 0.228. The van der Waals surface area contributed by atoms with Crippen LogP contribution in [0.2, 0.25) is 0 Å². The molecule has 0 bridgehead atoms. The number of nitrogens with one attached hydrogen (secondary N) is 1. The van der Waals surface area contributed by atoms with E-state index >= 15 is 0 Å². The van der Waals surface area contributed by atoms with Crippen molar-refractivity contribution in [2.75, 3.05) is 31.5 Å². The molecule has 1 aliphatic rings. The van der Waals surface area contributed by atoms with Gasteiger partial charge in [0.05, 0.1) is 0 Å². The molecule has 2 aromatic heterocycles. The summed E-state index contributed by atoms with van der Waals surface area (Å²) in [6, 6.07) is 8.08. The van der Waals surface area contributed by atoms with E-state index in [1.165, 1.54) is 32.4 Å². The Morgan fingerprint density at radius 3 is 2.59 bits per heavy atom. The first-order valence-corrected chi connectivity index (χ1v) is 9.89. The van der Waals surface area contributed by atoms with Crippen molar-refractivity contribution in [2.24, 2.45) is 0 Å². The number of likely N-dealkylation sites (tertiary alicyclic amines) is 1. The summed E-state index contributed by atoms with van der Waals surface area (Å²) in [5.41, 5.74) is 0.636. The minimum Gasteiger partial charge on any atom is -0.419 e. The molecule has 27 heavy (non-hydrogen) atoms. The molecule has 1 N–H and O–H groups in total. The summed E-state index contributed by atoms with van der Waals surface area (Å²) in [6.07, 6.45) is 5.85. The van der Waals surface area contributed by atoms with E-state index in [0.29, 0.717) is 23.9 Å². The van der Waals surface area contributed by atoms with Crippen molar-refractivity contribution in [3.63, 3.8) is 0 Å². The summed E-state index contributed by atoms with van der Waals surface area (Å²) in [6.45, 7) is 6.48. The Morgan fingerprint density at radius 1 is 1.00 bits per heavy atom. The highest BCUT2D eigenvalue weighted by atomic mass is 16.4. The van der Waals surface area contributed by atoms with Crippen molar-refractivity contribution in [1.82, 2.24) is 25.3 Å². The molecule has 1 fully saturated rings. The van der Waals surface area contributed by atoms with Gasteiger partial charge in [0.1, 0.15) is 0 Å². The maximum atomic E-state index is 5.68. The number of rotatable bonds is 7. The molecule has 4 rings (SSSR count). The van der Waals surface area contributed by atoms with Crippen LogP contribution in [0.3, 0.4) is 0 Å². The van der Waals surface area contributed by atoms with Crippen LogP contribution in [0.25, 0.3) is 22.4 Å². The molecule has 1 saturated heterocycles. The average molecular weight is 366 g/mol. The van der Waals surface area contributed by atoms with Crippen LogP contribution in [0.4, 0.5) is 5.82 Å². The molecule has 0 saturated carbocycles. The molecule has 0 spiro atoms. The Hall–Kier alpha value is -2.54. The van der Waals surface area contributed by atoms with Gasteiger partial charge in [0.2, 0.25) is 5.89 Å². The van der Waals surface area contributed by atoms with Gasteiger partial charge in [0, 0.05) is 23.7 Å². The molecule has 0 radical (unpaired) electrons. The van der Waals surface area contributed by atoms with Gasteiger partial charge in [-0.2, -0.15) is 0 Å². The van der Waals surface area contributed by atoms with E-state index in [1.54, 1.807) is 0 Å². The van der Waals surface area contributed by atoms with Gasteiger partial charge in [0.25, 0.3) is 5.89 Å². The summed E-state index contributed by atoms with van der Waals surface area (Å²) in [7, 11) is 0. The molecular weight excluding hydrogens is 340 g/mol. The van der Waals surface area contributed by atoms with Crippen molar-refractivity contribution < 1.29 is 4.42 Å². The Balaban J connectivity index is 1.48. The summed E-state index contributed by atoms with van der Waals surface area (Å²) >= 11 is 0. The van der Waals surface area contributed by atoms with Crippen molar-refractivity contribution in [2.45, 2.75) is 39.0 Å². The fourth-order valence-electron chi connectivity index (χ4n) is 3.58. The van der Waals surface area contributed by atoms with Gasteiger partial charge in [-0.05, 0) is 38.9 Å². The number of piperidine rings is 1. The Kier molecular flexibility index (Phi) is 5.58. The maximum absolute atomic E-state index is 5.68. The molecule has 1 aliphatic heterocycles. The van der Waals surface area contributed by atoms with Crippen LogP contribution in [0.15, 0.2) is 28.7 Å². The van der Waals surface area contributed by atoms with E-state index < -0.39 is 0 Å². The molecule has 3 heterocycles. The summed E-state index contributed by atoms with van der Waals surface area (Å²) in [4.78, 5) is 2.55. The predicted octanol–water partition coefficient (Wildman–Crippen LogP) is 3.53. The first-order chi connectivity index (χ1) is 13.3. The monoisotopic (exact) mass is 366 g/mol. The van der Waals surface area contributed by atoms with Crippen molar-refractivity contribution in [3.8, 4) is 11.6 Å². The lowest BCUT2D eigenvalue weighted by Gasteiger charge is -2.26. The van der Waals surface area contributed by atoms with E-state index in [9.17, 15) is 0 Å². The first kappa shape index (κ1) is 17.9. The van der Waals surface area contributed by atoms with Gasteiger partial charge in [-0.25, -0.2) is 0 Å². The standard InChI is InChI=1S/C20H26N6O/c1-2-17-22-25-20(27-17)18-15-9-4-5-10-16(15)19(24-23-18)21-11-8-14-26-12-6-3-7-13-26/h4-5,9-10H,2-3,6-8,11-14H2,1H3,(H,21,24). The highest BCUT2D eigenvalue weighted by Gasteiger charge is 2.16. The molecule has 1 aromatic carbocycles. The Bertz CT molecular complexity index is 887. The third kappa shape index (κ3) is 4.08. The number of hydrogen-bond donors (Lipinski definition) is 1. The number of hydrogen-bond acceptors (Lipinski definition) is 7. The van der Waals surface area contributed by atoms with E-state index in [0.717, 1.165) is 36.1 Å². The van der Waals surface area contributed by atoms with Gasteiger partial charge in [-0.3, -0.25) is 0 Å². The van der Waals surface area contributed by atoms with Crippen LogP contribution < -0.4 is 5.32 Å². The van der Waals surface area contributed by atoms with E-state index in [4.69, 9.17) is 4.42 Å². The van der Waals surface area contributed by atoms with Crippen LogP contribution in [0.5, 0.6) is 0 Å². The zero-order chi connectivity index (χ0) is 18.5. The fourth-order valence-corrected chi connectivity index (χ4v) is 3.58. The van der Waals surface area contributed by atoms with Crippen LogP contribution in [-0.4, -0.2) is 51.5 Å². The topological polar surface area (TPSA) is 80.0 Å². The molecule has 0 atom stereocenters. The van der Waals surface area contributed by atoms with Gasteiger partial charge in [-0.15, -0.1) is 20.4 Å². The quantitative estimate of drug-likeness (QED) is 0.641. The van der Waals surface area contributed by atoms with Crippen LogP contribution >= 0.6 is 0 Å². The number of nitrogens with zero attached hydrogens (tertiary/aromatic N) is 5. The van der Waals surface area contributed by atoms with Gasteiger partial charge in [0.15, 0.2) is 11.5 Å². The highest BCUT2D eigenvalue weighted by molar-refractivity contribution is 5.98. The largest absolute Gasteiger partial charge is 0.419 e. The lowest BCUT2D eigenvalue weighted by Crippen LogP contribution is -2.31. The molecule has 0 amide bonds. The van der Waals surface area contributed by atoms with Crippen LogP contribution in [0, 0.1) is 0 Å². The summed E-state index contributed by atoms with van der Waals surface area (Å²) in [5.74, 6) is 1.84. The van der Waals surface area contributed by atoms with E-state index in [1.807, 2.05) is 25.1 Å². The zero-order valence-corrected chi connectivity index (χ0v) is 15.8. The first-order valence-electron chi connectivity index (χ1n) is 9.89. The SMILES string of the molecule is CCc1nnc(-c2nnc(NCCCN3CCCCC3)c3ccccc23)o1. The van der Waals surface area contributed by atoms with E-state index in [2.05, 4.69) is 36.7 Å². The minimum absolute atomic E-state index is 0.423. The average Bonchev–Trinajstić information content (AvgIpc) is 3.21. The summed E-state index contributed by atoms with van der Waals surface area (Å²) < 4.78 is 5.68. The predicted molar refractivity (Wildman–Crippen MR) is 106 cm³/mol. The second-order valence-electron chi connectivity index (χ2n) is 6.98. The Morgan fingerprint density at radius 2 is 1.81 bits per heavy atom. The smallest absolute Gasteiger partial charge is 0.268 e. The maximum Gasteiger partial charge on any atom is 0.268 e. The second kappa shape index (κ2) is 8.43. The summed E-state index contributed by atoms with van der Waals surface area (Å²) in [5, 5.41) is 22.4. The third-order valence-electron chi connectivity index (χ3n) is 5.05. The Labute approximate surface area is 159 Å². The fraction of sp³-hybridized carbons (Fsp3) is 0.500. The minimum atomic E-state index is 0.423. The number of aromatic nitrogens is 4. The number of anilines is 1. The van der Waals surface area contributed by atoms with Crippen LogP contribution in [0.1, 0.15) is 38.5 Å². The second-order valence-corrected chi connectivity index (χ2v) is 6.98. The molecule has 0 aliphatic carbocycles. The van der Waals surface area contributed by atoms with E-state index in [-0.39, 0.29) is 0 Å². The van der Waals surface area contributed by atoms with Gasteiger partial charge < -0.3 is 14.6 Å². The number of aryl methyl sites for hydroxylation is 1. The third-order valence-corrected chi connectivity index (χ3v) is 5.05. The molecular formula is C20H26N6O. The number of benzene rings is 1. The zero-order valence-electron chi connectivity index (χ0n) is 15.8. The molecule has 142 valence electrons. The molecule has 7 nitrogen and oxygen atoms in total. The normalized spacial score (nSPS) is 15.3. The lowest BCUT2D eigenvalue weighted by atomic mass is 10.1. The molecule has 0 unspecified atom stereocenters. The van der Waals surface area contributed by atoms with Gasteiger partial charge in [-0.1, -0.05) is 37.6 Å². The van der Waals surface area contributed by atoms with Crippen molar-refractivity contribution in [3.05, 3.63) is 30.2 Å². The van der Waals surface area contributed by atoms with Crippen LogP contribution in [-0.2, 0) is 6.42 Å². The molecule has 7 heteroatoms. The van der Waals surface area contributed by atoms with Gasteiger partial charge >= 0.3 is 0 Å². The molecule has 3 aromatic rings. The number of fused-ring (bicyclic) bond motifs is 1. The van der Waals surface area contributed by atoms with Crippen molar-refractivity contribution in [1.29, 1.82) is 0 Å². The van der Waals surface area contributed by atoms with Crippen molar-refractivity contribution >= 4 is 16.6 Å².